The molecular formula is C18H24N4O2. The van der Waals surface area contributed by atoms with Gasteiger partial charge in [0.15, 0.2) is 5.78 Å². The van der Waals surface area contributed by atoms with Crippen LogP contribution in [-0.2, 0) is 17.6 Å². The maximum atomic E-state index is 12.3. The second-order valence-electron chi connectivity index (χ2n) is 6.14. The molecule has 0 aromatic carbocycles. The largest absolute Gasteiger partial charge is 0.369 e. The number of ether oxygens (including phenoxy) is 1. The molecular weight excluding hydrogens is 304 g/mol. The number of carbonyl (C=O) groups is 1. The number of nitrogens with zero attached hydrogens (tertiary/aromatic N) is 2. The number of hydrogen-bond acceptors (Lipinski definition) is 5. The third-order valence-electron chi connectivity index (χ3n) is 4.19. The molecule has 1 aliphatic heterocycles. The van der Waals surface area contributed by atoms with E-state index in [1.807, 2.05) is 18.2 Å². The number of pyridine rings is 1. The van der Waals surface area contributed by atoms with Crippen molar-refractivity contribution in [2.75, 3.05) is 19.7 Å². The molecule has 0 amide bonds. The monoisotopic (exact) mass is 328 g/mol. The number of rotatable bonds is 7. The van der Waals surface area contributed by atoms with E-state index < -0.39 is 0 Å². The molecule has 3 rings (SSSR count). The van der Waals surface area contributed by atoms with E-state index in [-0.39, 0.29) is 11.9 Å². The predicted octanol–water partition coefficient (Wildman–Crippen LogP) is 2.23. The fraction of sp³-hybridized carbons (Fsp3) is 0.500. The molecule has 0 aliphatic carbocycles. The molecule has 1 fully saturated rings. The number of unbranched alkanes of at least 4 members (excludes halogenated alkanes) is 1. The molecule has 2 N–H and O–H groups in total. The predicted molar refractivity (Wildman–Crippen MR) is 91.0 cm³/mol. The molecule has 24 heavy (non-hydrogen) atoms. The Labute approximate surface area is 142 Å². The summed E-state index contributed by atoms with van der Waals surface area (Å²) in [6.45, 7) is 4.51. The standard InChI is InChI=1S/C18H24N4O2/c1-2-3-4-14-10-16(22-21-14)17(23)9-13-5-6-15(20-11-13)18-12-19-7-8-24-18/h5-6,10-11,18-19H,2-4,7-9,12H2,1H3,(H,21,22)/t18-/m1/s1. The molecule has 6 nitrogen and oxygen atoms in total. The first kappa shape index (κ1) is 16.8. The molecule has 1 aliphatic rings. The maximum absolute atomic E-state index is 12.3. The molecule has 0 unspecified atom stereocenters. The first-order valence-electron chi connectivity index (χ1n) is 8.61. The summed E-state index contributed by atoms with van der Waals surface area (Å²) < 4.78 is 5.68. The molecule has 6 heteroatoms. The van der Waals surface area contributed by atoms with E-state index in [4.69, 9.17) is 4.74 Å². The van der Waals surface area contributed by atoms with Gasteiger partial charge in [-0.15, -0.1) is 0 Å². The number of hydrogen-bond donors (Lipinski definition) is 2. The average Bonchev–Trinajstić information content (AvgIpc) is 3.10. The quantitative estimate of drug-likeness (QED) is 0.762. The lowest BCUT2D eigenvalue weighted by Gasteiger charge is -2.23. The Morgan fingerprint density at radius 1 is 1.42 bits per heavy atom. The van der Waals surface area contributed by atoms with E-state index in [1.54, 1.807) is 6.20 Å². The van der Waals surface area contributed by atoms with Gasteiger partial charge in [0.25, 0.3) is 0 Å². The zero-order chi connectivity index (χ0) is 16.8. The van der Waals surface area contributed by atoms with Gasteiger partial charge in [-0.25, -0.2) is 0 Å². The van der Waals surface area contributed by atoms with Gasteiger partial charge in [-0.05, 0) is 30.5 Å². The lowest BCUT2D eigenvalue weighted by atomic mass is 10.1. The van der Waals surface area contributed by atoms with Crippen molar-refractivity contribution in [3.63, 3.8) is 0 Å². The van der Waals surface area contributed by atoms with Crippen molar-refractivity contribution in [1.82, 2.24) is 20.5 Å². The van der Waals surface area contributed by atoms with Crippen molar-refractivity contribution >= 4 is 5.78 Å². The van der Waals surface area contributed by atoms with Crippen molar-refractivity contribution < 1.29 is 9.53 Å². The second kappa shape index (κ2) is 8.17. The first-order chi connectivity index (χ1) is 11.8. The number of aromatic nitrogens is 3. The number of Topliss-reactive ketones (excluding diaryl/α,β-unsaturated/α-hetero) is 1. The molecule has 1 saturated heterocycles. The summed E-state index contributed by atoms with van der Waals surface area (Å²) in [5, 5.41) is 10.4. The van der Waals surface area contributed by atoms with Gasteiger partial charge in [-0.3, -0.25) is 14.9 Å². The molecule has 1 atom stereocenters. The van der Waals surface area contributed by atoms with Gasteiger partial charge in [0.1, 0.15) is 11.8 Å². The van der Waals surface area contributed by atoms with Crippen LogP contribution in [0.5, 0.6) is 0 Å². The van der Waals surface area contributed by atoms with Gasteiger partial charge in [-0.2, -0.15) is 5.10 Å². The van der Waals surface area contributed by atoms with E-state index in [9.17, 15) is 4.79 Å². The van der Waals surface area contributed by atoms with Crippen molar-refractivity contribution in [2.24, 2.45) is 0 Å². The third-order valence-corrected chi connectivity index (χ3v) is 4.19. The van der Waals surface area contributed by atoms with Crippen LogP contribution in [-0.4, -0.2) is 40.7 Å². The van der Waals surface area contributed by atoms with Crippen LogP contribution >= 0.6 is 0 Å². The number of morpholine rings is 1. The molecule has 0 saturated carbocycles. The van der Waals surface area contributed by atoms with Crippen molar-refractivity contribution in [3.05, 3.63) is 47.0 Å². The Balaban J connectivity index is 1.58. The zero-order valence-corrected chi connectivity index (χ0v) is 14.0. The summed E-state index contributed by atoms with van der Waals surface area (Å²) in [4.78, 5) is 16.8. The van der Waals surface area contributed by atoms with Crippen molar-refractivity contribution in [1.29, 1.82) is 0 Å². The minimum atomic E-state index is -0.00374. The van der Waals surface area contributed by atoms with E-state index >= 15 is 0 Å². The highest BCUT2D eigenvalue weighted by Gasteiger charge is 2.17. The highest BCUT2D eigenvalue weighted by atomic mass is 16.5. The molecule has 0 radical (unpaired) electrons. The van der Waals surface area contributed by atoms with Crippen LogP contribution in [0.15, 0.2) is 24.4 Å². The number of nitrogens with one attached hydrogen (secondary N) is 2. The van der Waals surface area contributed by atoms with Gasteiger partial charge in [-0.1, -0.05) is 19.4 Å². The van der Waals surface area contributed by atoms with Crippen LogP contribution in [0, 0.1) is 0 Å². The van der Waals surface area contributed by atoms with Gasteiger partial charge in [0, 0.05) is 31.4 Å². The summed E-state index contributed by atoms with van der Waals surface area (Å²) in [6.07, 6.45) is 5.23. The number of aryl methyl sites for hydroxylation is 1. The van der Waals surface area contributed by atoms with Crippen molar-refractivity contribution in [2.45, 2.75) is 38.7 Å². The number of carbonyl (C=O) groups excluding carboxylic acids is 1. The highest BCUT2D eigenvalue weighted by Crippen LogP contribution is 2.17. The lowest BCUT2D eigenvalue weighted by molar-refractivity contribution is 0.0250. The highest BCUT2D eigenvalue weighted by molar-refractivity contribution is 5.95. The normalized spacial score (nSPS) is 17.8. The van der Waals surface area contributed by atoms with Crippen LogP contribution in [0.4, 0.5) is 0 Å². The first-order valence-corrected chi connectivity index (χ1v) is 8.61. The van der Waals surface area contributed by atoms with E-state index in [0.29, 0.717) is 18.7 Å². The fourth-order valence-corrected chi connectivity index (χ4v) is 2.76. The average molecular weight is 328 g/mol. The molecule has 0 spiro atoms. The van der Waals surface area contributed by atoms with Crippen LogP contribution in [0.25, 0.3) is 0 Å². The van der Waals surface area contributed by atoms with Crippen LogP contribution < -0.4 is 5.32 Å². The van der Waals surface area contributed by atoms with Crippen molar-refractivity contribution in [3.8, 4) is 0 Å². The lowest BCUT2D eigenvalue weighted by Crippen LogP contribution is -2.33. The molecule has 128 valence electrons. The maximum Gasteiger partial charge on any atom is 0.187 e. The van der Waals surface area contributed by atoms with Gasteiger partial charge in [0.2, 0.25) is 0 Å². The number of aromatic amines is 1. The smallest absolute Gasteiger partial charge is 0.187 e. The Morgan fingerprint density at radius 3 is 3.04 bits per heavy atom. The van der Waals surface area contributed by atoms with E-state index in [1.165, 1.54) is 0 Å². The van der Waals surface area contributed by atoms with Crippen LogP contribution in [0.2, 0.25) is 0 Å². The zero-order valence-electron chi connectivity index (χ0n) is 14.0. The summed E-state index contributed by atoms with van der Waals surface area (Å²) in [5.74, 6) is 0.0131. The number of H-pyrrole nitrogens is 1. The van der Waals surface area contributed by atoms with Crippen LogP contribution in [0.1, 0.15) is 53.3 Å². The molecule has 0 bridgehead atoms. The molecule has 2 aromatic rings. The fourth-order valence-electron chi connectivity index (χ4n) is 2.76. The van der Waals surface area contributed by atoms with E-state index in [2.05, 4.69) is 27.4 Å². The molecule has 3 heterocycles. The Bertz CT molecular complexity index is 660. The van der Waals surface area contributed by atoms with Gasteiger partial charge >= 0.3 is 0 Å². The van der Waals surface area contributed by atoms with E-state index in [0.717, 1.165) is 49.3 Å². The van der Waals surface area contributed by atoms with Gasteiger partial charge in [0.05, 0.1) is 12.3 Å². The Kier molecular flexibility index (Phi) is 5.72. The molecule has 2 aromatic heterocycles. The van der Waals surface area contributed by atoms with Gasteiger partial charge < -0.3 is 10.1 Å². The summed E-state index contributed by atoms with van der Waals surface area (Å²) >= 11 is 0. The Morgan fingerprint density at radius 2 is 2.33 bits per heavy atom. The Hall–Kier alpha value is -2.05. The SMILES string of the molecule is CCCCc1cc(C(=O)Cc2ccc([C@H]3CNCCO3)nc2)n[nH]1. The number of ketones is 1. The second-order valence-corrected chi connectivity index (χ2v) is 6.14. The third kappa shape index (κ3) is 4.27. The summed E-state index contributed by atoms with van der Waals surface area (Å²) in [5.41, 5.74) is 3.33. The van der Waals surface area contributed by atoms with Crippen LogP contribution in [0.3, 0.4) is 0 Å². The topological polar surface area (TPSA) is 79.9 Å². The summed E-state index contributed by atoms with van der Waals surface area (Å²) in [7, 11) is 0. The summed E-state index contributed by atoms with van der Waals surface area (Å²) in [6, 6.07) is 5.75. The minimum absolute atomic E-state index is 0.00374. The minimum Gasteiger partial charge on any atom is -0.369 e.